The lowest BCUT2D eigenvalue weighted by molar-refractivity contribution is -0.486. The fourth-order valence-corrected chi connectivity index (χ4v) is 2.78. The Labute approximate surface area is 139 Å². The molecule has 1 aromatic rings. The Bertz CT molecular complexity index is 566. The maximum Gasteiger partial charge on any atom is 0.273 e. The van der Waals surface area contributed by atoms with E-state index in [2.05, 4.69) is 15.4 Å². The van der Waals surface area contributed by atoms with Gasteiger partial charge in [0.2, 0.25) is 0 Å². The van der Waals surface area contributed by atoms with Crippen molar-refractivity contribution in [1.29, 1.82) is 0 Å². The van der Waals surface area contributed by atoms with Crippen LogP contribution in [-0.4, -0.2) is 46.3 Å². The van der Waals surface area contributed by atoms with Crippen molar-refractivity contribution >= 4 is 17.6 Å². The summed E-state index contributed by atoms with van der Waals surface area (Å²) in [5.41, 5.74) is 1.000. The molecule has 126 valence electrons. The minimum absolute atomic E-state index is 0.00632. The van der Waals surface area contributed by atoms with Gasteiger partial charge in [-0.05, 0) is 31.4 Å². The molecule has 23 heavy (non-hydrogen) atoms. The third-order valence-corrected chi connectivity index (χ3v) is 3.81. The van der Waals surface area contributed by atoms with Crippen LogP contribution in [0.2, 0.25) is 5.15 Å². The van der Waals surface area contributed by atoms with Crippen LogP contribution in [0.25, 0.3) is 0 Å². The number of aromatic nitrogens is 1. The van der Waals surface area contributed by atoms with Gasteiger partial charge in [-0.2, -0.15) is 0 Å². The highest BCUT2D eigenvalue weighted by atomic mass is 35.5. The van der Waals surface area contributed by atoms with Crippen LogP contribution in [0.15, 0.2) is 23.4 Å². The number of hydrazone groups is 1. The van der Waals surface area contributed by atoms with E-state index >= 15 is 0 Å². The van der Waals surface area contributed by atoms with Crippen LogP contribution >= 0.6 is 11.6 Å². The monoisotopic (exact) mass is 341 g/mol. The molecule has 1 N–H and O–H groups in total. The number of ether oxygens (including phenoxy) is 1. The van der Waals surface area contributed by atoms with Gasteiger partial charge in [0.1, 0.15) is 16.5 Å². The summed E-state index contributed by atoms with van der Waals surface area (Å²) < 4.78 is 5.72. The van der Waals surface area contributed by atoms with E-state index in [9.17, 15) is 10.1 Å². The molecule has 9 heteroatoms. The Morgan fingerprint density at radius 3 is 2.96 bits per heavy atom. The van der Waals surface area contributed by atoms with Crippen LogP contribution in [0.3, 0.4) is 0 Å². The van der Waals surface area contributed by atoms with Crippen LogP contribution in [0, 0.1) is 10.1 Å². The van der Waals surface area contributed by atoms with Crippen molar-refractivity contribution in [3.05, 3.63) is 39.2 Å². The van der Waals surface area contributed by atoms with Crippen molar-refractivity contribution in [2.24, 2.45) is 5.10 Å². The van der Waals surface area contributed by atoms with Gasteiger partial charge in [-0.25, -0.2) is 15.1 Å². The number of halogens is 1. The largest absolute Gasteiger partial charge is 0.359 e. The van der Waals surface area contributed by atoms with E-state index in [-0.39, 0.29) is 18.2 Å². The summed E-state index contributed by atoms with van der Waals surface area (Å²) in [4.78, 5) is 16.7. The summed E-state index contributed by atoms with van der Waals surface area (Å²) >= 11 is 5.80. The van der Waals surface area contributed by atoms with Gasteiger partial charge in [-0.15, -0.1) is 0 Å². The van der Waals surface area contributed by atoms with Crippen molar-refractivity contribution in [3.63, 3.8) is 0 Å². The normalized spacial score (nSPS) is 20.6. The zero-order chi connectivity index (χ0) is 16.8. The lowest BCUT2D eigenvalue weighted by Crippen LogP contribution is -2.46. The Morgan fingerprint density at radius 2 is 2.39 bits per heavy atom. The van der Waals surface area contributed by atoms with Crippen LogP contribution in [0.5, 0.6) is 0 Å². The highest BCUT2D eigenvalue weighted by Gasteiger charge is 2.36. The summed E-state index contributed by atoms with van der Waals surface area (Å²) in [7, 11) is 0. The predicted octanol–water partition coefficient (Wildman–Crippen LogP) is 1.87. The first-order valence-corrected chi connectivity index (χ1v) is 7.90. The molecule has 1 fully saturated rings. The number of guanidine groups is 1. The molecule has 2 rings (SSSR count). The second-order valence-electron chi connectivity index (χ2n) is 5.11. The topological polar surface area (TPSA) is 92.9 Å². The Hall–Kier alpha value is -1.93. The van der Waals surface area contributed by atoms with Gasteiger partial charge in [-0.1, -0.05) is 24.6 Å². The van der Waals surface area contributed by atoms with Gasteiger partial charge in [0.05, 0.1) is 6.04 Å². The predicted molar refractivity (Wildman–Crippen MR) is 86.7 cm³/mol. The second-order valence-corrected chi connectivity index (χ2v) is 5.50. The molecule has 2 unspecified atom stereocenters. The molecular formula is C14H20ClN5O3. The van der Waals surface area contributed by atoms with Gasteiger partial charge in [0.15, 0.2) is 5.03 Å². The molecule has 0 bridgehead atoms. The number of nitrogens with zero attached hydrogens (tertiary/aromatic N) is 4. The molecule has 0 aliphatic carbocycles. The van der Waals surface area contributed by atoms with Crippen LogP contribution in [-0.2, 0) is 11.2 Å². The molecule has 0 spiro atoms. The SMILES string of the molecule is CCOC(CC)N1C(=N[N+](=O)[O-])NCC1Cc1ccc(Cl)nc1. The fourth-order valence-electron chi connectivity index (χ4n) is 2.66. The molecule has 1 aliphatic rings. The minimum atomic E-state index is -0.694. The maximum absolute atomic E-state index is 10.8. The Morgan fingerprint density at radius 1 is 1.61 bits per heavy atom. The summed E-state index contributed by atoms with van der Waals surface area (Å²) in [6.07, 6.45) is 2.81. The molecule has 1 aliphatic heterocycles. The van der Waals surface area contributed by atoms with E-state index < -0.39 is 5.03 Å². The second kappa shape index (κ2) is 8.07. The molecule has 0 aromatic carbocycles. The lowest BCUT2D eigenvalue weighted by Gasteiger charge is -2.31. The number of hydrogen-bond acceptors (Lipinski definition) is 4. The number of nitrogens with one attached hydrogen (secondary N) is 1. The third-order valence-electron chi connectivity index (χ3n) is 3.59. The van der Waals surface area contributed by atoms with Crippen molar-refractivity contribution in [3.8, 4) is 0 Å². The number of rotatable bonds is 7. The molecule has 0 saturated carbocycles. The molecule has 1 saturated heterocycles. The molecule has 8 nitrogen and oxygen atoms in total. The summed E-state index contributed by atoms with van der Waals surface area (Å²) in [5.74, 6) is 0.238. The van der Waals surface area contributed by atoms with Crippen LogP contribution in [0.1, 0.15) is 25.8 Å². The summed E-state index contributed by atoms with van der Waals surface area (Å²) in [5, 5.41) is 17.0. The smallest absolute Gasteiger partial charge is 0.273 e. The quantitative estimate of drug-likeness (QED) is 0.462. The standard InChI is InChI=1S/C14H20ClN5O3/c1-3-13(23-4-2)19-11(9-17-14(19)18-20(21)22)7-10-5-6-12(15)16-8-10/h5-6,8,11,13H,3-4,7,9H2,1-2H3,(H,17,18). The first-order valence-electron chi connectivity index (χ1n) is 7.52. The number of hydrogen-bond donors (Lipinski definition) is 1. The average Bonchev–Trinajstić information content (AvgIpc) is 2.89. The Kier molecular flexibility index (Phi) is 6.12. The highest BCUT2D eigenvalue weighted by molar-refractivity contribution is 6.29. The first-order chi connectivity index (χ1) is 11.0. The Balaban J connectivity index is 2.22. The number of pyridine rings is 1. The van der Waals surface area contributed by atoms with Gasteiger partial charge < -0.3 is 15.0 Å². The maximum atomic E-state index is 10.8. The molecule has 2 heterocycles. The van der Waals surface area contributed by atoms with E-state index in [1.807, 2.05) is 24.8 Å². The van der Waals surface area contributed by atoms with E-state index in [0.717, 1.165) is 5.56 Å². The molecule has 0 amide bonds. The van der Waals surface area contributed by atoms with Crippen molar-refractivity contribution in [1.82, 2.24) is 15.2 Å². The zero-order valence-electron chi connectivity index (χ0n) is 13.1. The molecule has 1 aromatic heterocycles. The van der Waals surface area contributed by atoms with E-state index in [1.165, 1.54) is 0 Å². The van der Waals surface area contributed by atoms with Crippen LogP contribution in [0.4, 0.5) is 0 Å². The highest BCUT2D eigenvalue weighted by Crippen LogP contribution is 2.20. The molecule has 2 atom stereocenters. The third kappa shape index (κ3) is 4.52. The van der Waals surface area contributed by atoms with E-state index in [1.54, 1.807) is 12.3 Å². The van der Waals surface area contributed by atoms with Gasteiger partial charge in [0.25, 0.3) is 5.96 Å². The average molecular weight is 342 g/mol. The van der Waals surface area contributed by atoms with Gasteiger partial charge in [0, 0.05) is 19.3 Å². The van der Waals surface area contributed by atoms with E-state index in [0.29, 0.717) is 31.1 Å². The van der Waals surface area contributed by atoms with Gasteiger partial charge in [-0.3, -0.25) is 0 Å². The lowest BCUT2D eigenvalue weighted by atomic mass is 10.1. The zero-order valence-corrected chi connectivity index (χ0v) is 13.9. The molecule has 0 radical (unpaired) electrons. The van der Waals surface area contributed by atoms with Crippen molar-refractivity contribution in [2.75, 3.05) is 13.2 Å². The fraction of sp³-hybridized carbons (Fsp3) is 0.571. The number of nitro groups is 1. The van der Waals surface area contributed by atoms with Crippen molar-refractivity contribution in [2.45, 2.75) is 39.0 Å². The minimum Gasteiger partial charge on any atom is -0.359 e. The molecular weight excluding hydrogens is 322 g/mol. The van der Waals surface area contributed by atoms with Crippen molar-refractivity contribution < 1.29 is 9.77 Å². The van der Waals surface area contributed by atoms with E-state index in [4.69, 9.17) is 16.3 Å². The summed E-state index contributed by atoms with van der Waals surface area (Å²) in [6, 6.07) is 3.63. The first kappa shape index (κ1) is 17.4. The summed E-state index contributed by atoms with van der Waals surface area (Å²) in [6.45, 7) is 4.95. The van der Waals surface area contributed by atoms with Gasteiger partial charge >= 0.3 is 0 Å². The van der Waals surface area contributed by atoms with Crippen LogP contribution < -0.4 is 5.32 Å².